The molecular weight excluding hydrogens is 356 g/mol. The normalized spacial score (nSPS) is 10.5. The van der Waals surface area contributed by atoms with E-state index in [-0.39, 0.29) is 11.1 Å². The van der Waals surface area contributed by atoms with Gasteiger partial charge in [0, 0.05) is 13.2 Å². The highest BCUT2D eigenvalue weighted by atomic mass is 35.5. The van der Waals surface area contributed by atoms with Gasteiger partial charge in [0.2, 0.25) is 0 Å². The lowest BCUT2D eigenvalue weighted by molar-refractivity contribution is 0.0963. The van der Waals surface area contributed by atoms with Crippen molar-refractivity contribution in [3.8, 4) is 17.1 Å². The molecule has 0 unspecified atom stereocenters. The van der Waals surface area contributed by atoms with Crippen LogP contribution in [0.3, 0.4) is 0 Å². The number of amides is 1. The zero-order chi connectivity index (χ0) is 18.7. The van der Waals surface area contributed by atoms with E-state index in [9.17, 15) is 4.79 Å². The van der Waals surface area contributed by atoms with Crippen LogP contribution >= 0.6 is 11.6 Å². The zero-order valence-electron chi connectivity index (χ0n) is 14.4. The van der Waals surface area contributed by atoms with Crippen molar-refractivity contribution in [1.29, 1.82) is 0 Å². The molecule has 1 amide bonds. The number of rotatable bonds is 5. The van der Waals surface area contributed by atoms with Crippen LogP contribution in [0.15, 0.2) is 30.5 Å². The predicted molar refractivity (Wildman–Crippen MR) is 99.0 cm³/mol. The van der Waals surface area contributed by atoms with Crippen molar-refractivity contribution in [3.05, 3.63) is 47.0 Å². The SMILES string of the molecule is CNC(=O)c1cnc(Cl)cc1Nc1cccc(-c2nnc(C)[nH]2)c1OC. The lowest BCUT2D eigenvalue weighted by Crippen LogP contribution is -2.19. The number of hydrogen-bond acceptors (Lipinski definition) is 6. The Balaban J connectivity index is 2.06. The molecule has 134 valence electrons. The van der Waals surface area contributed by atoms with Crippen LogP contribution in [-0.4, -0.2) is 40.2 Å². The van der Waals surface area contributed by atoms with E-state index in [0.29, 0.717) is 34.3 Å². The summed E-state index contributed by atoms with van der Waals surface area (Å²) in [5.41, 5.74) is 2.25. The number of para-hydroxylation sites is 1. The van der Waals surface area contributed by atoms with Crippen molar-refractivity contribution in [1.82, 2.24) is 25.5 Å². The van der Waals surface area contributed by atoms with Crippen molar-refractivity contribution >= 4 is 28.9 Å². The molecule has 8 nitrogen and oxygen atoms in total. The Labute approximate surface area is 155 Å². The van der Waals surface area contributed by atoms with E-state index in [0.717, 1.165) is 5.56 Å². The molecule has 0 saturated heterocycles. The average Bonchev–Trinajstić information content (AvgIpc) is 3.07. The topological polar surface area (TPSA) is 105 Å². The molecule has 0 fully saturated rings. The minimum absolute atomic E-state index is 0.265. The summed E-state index contributed by atoms with van der Waals surface area (Å²) in [5.74, 6) is 1.56. The van der Waals surface area contributed by atoms with E-state index in [1.54, 1.807) is 20.2 Å². The number of nitrogens with one attached hydrogen (secondary N) is 3. The van der Waals surface area contributed by atoms with E-state index in [4.69, 9.17) is 16.3 Å². The number of aromatic nitrogens is 4. The van der Waals surface area contributed by atoms with Crippen LogP contribution in [0, 0.1) is 6.92 Å². The van der Waals surface area contributed by atoms with Crippen LogP contribution < -0.4 is 15.4 Å². The minimum atomic E-state index is -0.280. The molecule has 0 atom stereocenters. The summed E-state index contributed by atoms with van der Waals surface area (Å²) in [6, 6.07) is 7.12. The number of benzene rings is 1. The van der Waals surface area contributed by atoms with Gasteiger partial charge in [-0.15, -0.1) is 10.2 Å². The molecule has 0 saturated carbocycles. The van der Waals surface area contributed by atoms with Crippen LogP contribution in [0.25, 0.3) is 11.4 Å². The van der Waals surface area contributed by atoms with Gasteiger partial charge in [0.15, 0.2) is 11.6 Å². The molecule has 1 aromatic carbocycles. The van der Waals surface area contributed by atoms with Gasteiger partial charge in [0.1, 0.15) is 11.0 Å². The van der Waals surface area contributed by atoms with Gasteiger partial charge in [0.05, 0.1) is 29.6 Å². The van der Waals surface area contributed by atoms with Crippen molar-refractivity contribution in [2.75, 3.05) is 19.5 Å². The van der Waals surface area contributed by atoms with E-state index in [1.807, 2.05) is 25.1 Å². The Morgan fingerprint density at radius 3 is 2.73 bits per heavy atom. The summed E-state index contributed by atoms with van der Waals surface area (Å²) >= 11 is 6.00. The number of pyridine rings is 1. The summed E-state index contributed by atoms with van der Waals surface area (Å²) < 4.78 is 5.57. The molecule has 3 rings (SSSR count). The summed E-state index contributed by atoms with van der Waals surface area (Å²) in [7, 11) is 3.11. The number of aryl methyl sites for hydroxylation is 1. The highest BCUT2D eigenvalue weighted by molar-refractivity contribution is 6.29. The molecule has 3 aromatic rings. The summed E-state index contributed by atoms with van der Waals surface area (Å²) in [5, 5.41) is 14.1. The number of carbonyl (C=O) groups is 1. The fourth-order valence-electron chi connectivity index (χ4n) is 2.50. The van der Waals surface area contributed by atoms with Crippen molar-refractivity contribution in [2.24, 2.45) is 0 Å². The predicted octanol–water partition coefficient (Wildman–Crippen LogP) is 2.94. The van der Waals surface area contributed by atoms with Gasteiger partial charge in [-0.1, -0.05) is 17.7 Å². The molecule has 3 N–H and O–H groups in total. The number of ether oxygens (including phenoxy) is 1. The van der Waals surface area contributed by atoms with E-state index >= 15 is 0 Å². The number of nitrogens with zero attached hydrogens (tertiary/aromatic N) is 3. The summed E-state index contributed by atoms with van der Waals surface area (Å²) in [6.45, 7) is 1.82. The second-order valence-electron chi connectivity index (χ2n) is 5.40. The molecule has 0 radical (unpaired) electrons. The minimum Gasteiger partial charge on any atom is -0.494 e. The maximum absolute atomic E-state index is 12.1. The lowest BCUT2D eigenvalue weighted by Gasteiger charge is -2.16. The second kappa shape index (κ2) is 7.40. The van der Waals surface area contributed by atoms with Crippen LogP contribution in [-0.2, 0) is 0 Å². The van der Waals surface area contributed by atoms with Crippen LogP contribution in [0.4, 0.5) is 11.4 Å². The van der Waals surface area contributed by atoms with Crippen molar-refractivity contribution < 1.29 is 9.53 Å². The maximum Gasteiger partial charge on any atom is 0.254 e. The maximum atomic E-state index is 12.1. The Bertz CT molecular complexity index is 956. The molecule has 26 heavy (non-hydrogen) atoms. The van der Waals surface area contributed by atoms with Crippen molar-refractivity contribution in [2.45, 2.75) is 6.92 Å². The third-order valence-corrected chi connectivity index (χ3v) is 3.89. The van der Waals surface area contributed by atoms with Gasteiger partial charge in [-0.25, -0.2) is 4.98 Å². The van der Waals surface area contributed by atoms with Gasteiger partial charge in [-0.3, -0.25) is 4.79 Å². The number of halogens is 1. The lowest BCUT2D eigenvalue weighted by atomic mass is 10.1. The highest BCUT2D eigenvalue weighted by Crippen LogP contribution is 2.37. The molecule has 0 bridgehead atoms. The van der Waals surface area contributed by atoms with Gasteiger partial charge in [-0.2, -0.15) is 0 Å². The third-order valence-electron chi connectivity index (χ3n) is 3.69. The van der Waals surface area contributed by atoms with Crippen LogP contribution in [0.5, 0.6) is 5.75 Å². The molecule has 0 aliphatic heterocycles. The van der Waals surface area contributed by atoms with Crippen LogP contribution in [0.2, 0.25) is 5.15 Å². The van der Waals surface area contributed by atoms with E-state index in [2.05, 4.69) is 30.8 Å². The average molecular weight is 373 g/mol. The molecular formula is C17H17ClN6O2. The number of H-pyrrole nitrogens is 1. The Morgan fingerprint density at radius 2 is 2.08 bits per heavy atom. The fourth-order valence-corrected chi connectivity index (χ4v) is 2.66. The first-order chi connectivity index (χ1) is 12.5. The van der Waals surface area contributed by atoms with Gasteiger partial charge < -0.3 is 20.4 Å². The monoisotopic (exact) mass is 372 g/mol. The molecule has 0 aliphatic carbocycles. The number of aromatic amines is 1. The number of carbonyl (C=O) groups excluding carboxylic acids is 1. The van der Waals surface area contributed by atoms with Gasteiger partial charge >= 0.3 is 0 Å². The van der Waals surface area contributed by atoms with Crippen LogP contribution in [0.1, 0.15) is 16.2 Å². The molecule has 0 aliphatic rings. The smallest absolute Gasteiger partial charge is 0.254 e. The standard InChI is InChI=1S/C17H17ClN6O2/c1-9-21-16(24-23-9)10-5-4-6-12(15(10)26-3)22-13-7-14(18)20-8-11(13)17(25)19-2/h4-8H,1-3H3,(H,19,25)(H,20,22)(H,21,23,24). The first kappa shape index (κ1) is 17.7. The third kappa shape index (κ3) is 3.45. The number of methoxy groups -OCH3 is 1. The first-order valence-corrected chi connectivity index (χ1v) is 8.12. The van der Waals surface area contributed by atoms with Crippen molar-refractivity contribution in [3.63, 3.8) is 0 Å². The van der Waals surface area contributed by atoms with Gasteiger partial charge in [-0.05, 0) is 25.1 Å². The fraction of sp³-hybridized carbons (Fsp3) is 0.176. The van der Waals surface area contributed by atoms with E-state index < -0.39 is 0 Å². The summed E-state index contributed by atoms with van der Waals surface area (Å²) in [6.07, 6.45) is 1.42. The van der Waals surface area contributed by atoms with Gasteiger partial charge in [0.25, 0.3) is 5.91 Å². The molecule has 9 heteroatoms. The molecule has 2 heterocycles. The number of anilines is 2. The number of hydrogen-bond donors (Lipinski definition) is 3. The quantitative estimate of drug-likeness (QED) is 0.595. The Kier molecular flexibility index (Phi) is 5.04. The second-order valence-corrected chi connectivity index (χ2v) is 5.79. The molecule has 2 aromatic heterocycles. The summed E-state index contributed by atoms with van der Waals surface area (Å²) in [4.78, 5) is 19.1. The zero-order valence-corrected chi connectivity index (χ0v) is 15.2. The first-order valence-electron chi connectivity index (χ1n) is 7.74. The Morgan fingerprint density at radius 1 is 1.27 bits per heavy atom. The largest absolute Gasteiger partial charge is 0.494 e. The highest BCUT2D eigenvalue weighted by Gasteiger charge is 2.17. The molecule has 0 spiro atoms. The Hall–Kier alpha value is -3.13. The van der Waals surface area contributed by atoms with E-state index in [1.165, 1.54) is 6.20 Å².